The zero-order chi connectivity index (χ0) is 14.5. The molecule has 1 fully saturated rings. The van der Waals surface area contributed by atoms with Crippen molar-refractivity contribution in [2.75, 3.05) is 37.8 Å². The van der Waals surface area contributed by atoms with Gasteiger partial charge >= 0.3 is 5.97 Å². The molecule has 20 heavy (non-hydrogen) atoms. The summed E-state index contributed by atoms with van der Waals surface area (Å²) in [5.41, 5.74) is 6.30. The van der Waals surface area contributed by atoms with Crippen molar-refractivity contribution in [2.24, 2.45) is 0 Å². The molecule has 1 aliphatic heterocycles. The first kappa shape index (κ1) is 14.1. The highest BCUT2D eigenvalue weighted by atomic mass is 16.5. The summed E-state index contributed by atoms with van der Waals surface area (Å²) in [6.07, 6.45) is 2.09. The fraction of sp³-hybridized carbons (Fsp3) is 0.462. The average molecular weight is 278 g/mol. The molecule has 7 heteroatoms. The fourth-order valence-electron chi connectivity index (χ4n) is 2.07. The molecule has 1 amide bonds. The number of hydrogen-bond donors (Lipinski definition) is 2. The van der Waals surface area contributed by atoms with Crippen molar-refractivity contribution in [1.82, 2.24) is 9.88 Å². The van der Waals surface area contributed by atoms with Crippen molar-refractivity contribution in [3.05, 3.63) is 17.8 Å². The summed E-state index contributed by atoms with van der Waals surface area (Å²) < 4.78 is 4.59. The number of carbonyl (C=O) groups excluding carboxylic acids is 2. The Morgan fingerprint density at radius 1 is 1.40 bits per heavy atom. The molecule has 2 rings (SSSR count). The van der Waals surface area contributed by atoms with Gasteiger partial charge in [0.05, 0.1) is 19.3 Å². The van der Waals surface area contributed by atoms with E-state index in [1.54, 1.807) is 11.0 Å². The van der Waals surface area contributed by atoms with Gasteiger partial charge in [0.25, 0.3) is 0 Å². The largest absolute Gasteiger partial charge is 0.464 e. The third kappa shape index (κ3) is 3.17. The van der Waals surface area contributed by atoms with Gasteiger partial charge in [-0.3, -0.25) is 4.79 Å². The number of esters is 1. The topological polar surface area (TPSA) is 97.5 Å². The molecule has 1 aromatic rings. The van der Waals surface area contributed by atoms with E-state index in [4.69, 9.17) is 5.73 Å². The number of nitrogens with two attached hydrogens (primary N) is 1. The van der Waals surface area contributed by atoms with Gasteiger partial charge in [-0.15, -0.1) is 0 Å². The summed E-state index contributed by atoms with van der Waals surface area (Å²) in [6.45, 7) is 1.71. The van der Waals surface area contributed by atoms with Gasteiger partial charge in [0.1, 0.15) is 0 Å². The van der Waals surface area contributed by atoms with E-state index in [0.717, 1.165) is 25.9 Å². The van der Waals surface area contributed by atoms with Crippen LogP contribution >= 0.6 is 0 Å². The third-order valence-electron chi connectivity index (χ3n) is 3.19. The van der Waals surface area contributed by atoms with Gasteiger partial charge in [-0.25, -0.2) is 9.78 Å². The van der Waals surface area contributed by atoms with E-state index in [9.17, 15) is 9.59 Å². The Morgan fingerprint density at radius 3 is 2.75 bits per heavy atom. The van der Waals surface area contributed by atoms with Crippen LogP contribution in [0.2, 0.25) is 0 Å². The number of pyridine rings is 1. The van der Waals surface area contributed by atoms with E-state index in [0.29, 0.717) is 11.5 Å². The molecule has 0 bridgehead atoms. The van der Waals surface area contributed by atoms with Crippen molar-refractivity contribution >= 4 is 23.4 Å². The second kappa shape index (κ2) is 6.23. The lowest BCUT2D eigenvalue weighted by atomic mass is 10.3. The Balaban J connectivity index is 2.01. The minimum Gasteiger partial charge on any atom is -0.464 e. The standard InChI is InChI=1S/C13H18N4O3/c1-20-13(19)10-5-4-9(14)12(16-10)15-8-11(18)17-6-2-3-7-17/h4-5H,2-3,6-8,14H2,1H3,(H,15,16). The number of ether oxygens (including phenoxy) is 1. The van der Waals surface area contributed by atoms with Gasteiger partial charge in [0.15, 0.2) is 11.5 Å². The number of aromatic nitrogens is 1. The molecule has 0 atom stereocenters. The van der Waals surface area contributed by atoms with Crippen LogP contribution in [0.25, 0.3) is 0 Å². The molecule has 3 N–H and O–H groups in total. The first-order valence-corrected chi connectivity index (χ1v) is 6.48. The first-order valence-electron chi connectivity index (χ1n) is 6.48. The highest BCUT2D eigenvalue weighted by molar-refractivity contribution is 5.89. The molecular weight excluding hydrogens is 260 g/mol. The lowest BCUT2D eigenvalue weighted by molar-refractivity contribution is -0.128. The summed E-state index contributed by atoms with van der Waals surface area (Å²) in [4.78, 5) is 29.2. The van der Waals surface area contributed by atoms with E-state index in [-0.39, 0.29) is 18.1 Å². The molecule has 0 unspecified atom stereocenters. The molecule has 108 valence electrons. The summed E-state index contributed by atoms with van der Waals surface area (Å²) in [7, 11) is 1.28. The Kier molecular flexibility index (Phi) is 4.39. The van der Waals surface area contributed by atoms with Crippen molar-refractivity contribution in [1.29, 1.82) is 0 Å². The zero-order valence-corrected chi connectivity index (χ0v) is 11.4. The van der Waals surface area contributed by atoms with Crippen LogP contribution in [0.15, 0.2) is 12.1 Å². The molecular formula is C13H18N4O3. The summed E-state index contributed by atoms with van der Waals surface area (Å²) >= 11 is 0. The minimum atomic E-state index is -0.543. The SMILES string of the molecule is COC(=O)c1ccc(N)c(NCC(=O)N2CCCC2)n1. The Morgan fingerprint density at radius 2 is 2.10 bits per heavy atom. The average Bonchev–Trinajstić information content (AvgIpc) is 2.99. The second-order valence-electron chi connectivity index (χ2n) is 4.57. The number of nitrogens with zero attached hydrogens (tertiary/aromatic N) is 2. The predicted molar refractivity (Wildman–Crippen MR) is 74.3 cm³/mol. The quantitative estimate of drug-likeness (QED) is 0.778. The van der Waals surface area contributed by atoms with E-state index >= 15 is 0 Å². The Labute approximate surface area is 117 Å². The van der Waals surface area contributed by atoms with Gasteiger partial charge in [0, 0.05) is 13.1 Å². The summed E-state index contributed by atoms with van der Waals surface area (Å²) in [5.74, 6) is -0.216. The van der Waals surface area contributed by atoms with Crippen LogP contribution in [-0.2, 0) is 9.53 Å². The fourth-order valence-corrected chi connectivity index (χ4v) is 2.07. The van der Waals surface area contributed by atoms with E-state index < -0.39 is 5.97 Å². The summed E-state index contributed by atoms with van der Waals surface area (Å²) in [6, 6.07) is 3.04. The number of methoxy groups -OCH3 is 1. The Bertz CT molecular complexity index is 512. The van der Waals surface area contributed by atoms with Crippen molar-refractivity contribution in [3.8, 4) is 0 Å². The second-order valence-corrected chi connectivity index (χ2v) is 4.57. The van der Waals surface area contributed by atoms with Crippen molar-refractivity contribution in [2.45, 2.75) is 12.8 Å². The lowest BCUT2D eigenvalue weighted by Gasteiger charge is -2.16. The maximum Gasteiger partial charge on any atom is 0.356 e. The molecule has 1 saturated heterocycles. The molecule has 2 heterocycles. The van der Waals surface area contributed by atoms with Crippen LogP contribution < -0.4 is 11.1 Å². The van der Waals surface area contributed by atoms with Crippen LogP contribution in [0.5, 0.6) is 0 Å². The van der Waals surface area contributed by atoms with Crippen LogP contribution in [0.3, 0.4) is 0 Å². The molecule has 0 spiro atoms. The molecule has 0 aromatic carbocycles. The number of carbonyl (C=O) groups is 2. The van der Waals surface area contributed by atoms with E-state index in [2.05, 4.69) is 15.0 Å². The predicted octanol–water partition coefficient (Wildman–Crippen LogP) is 0.485. The maximum atomic E-state index is 11.9. The number of anilines is 2. The van der Waals surface area contributed by atoms with Crippen molar-refractivity contribution < 1.29 is 14.3 Å². The number of likely N-dealkylation sites (tertiary alicyclic amines) is 1. The molecule has 0 aliphatic carbocycles. The normalized spacial score (nSPS) is 14.2. The lowest BCUT2D eigenvalue weighted by Crippen LogP contribution is -2.33. The molecule has 7 nitrogen and oxygen atoms in total. The van der Waals surface area contributed by atoms with Gasteiger partial charge in [-0.2, -0.15) is 0 Å². The van der Waals surface area contributed by atoms with E-state index in [1.807, 2.05) is 0 Å². The molecule has 0 saturated carbocycles. The van der Waals surface area contributed by atoms with Gasteiger partial charge < -0.3 is 20.7 Å². The van der Waals surface area contributed by atoms with Crippen molar-refractivity contribution in [3.63, 3.8) is 0 Å². The zero-order valence-electron chi connectivity index (χ0n) is 11.4. The highest BCUT2D eigenvalue weighted by Gasteiger charge is 2.18. The first-order chi connectivity index (χ1) is 9.61. The number of rotatable bonds is 4. The van der Waals surface area contributed by atoms with Gasteiger partial charge in [0.2, 0.25) is 5.91 Å². The minimum absolute atomic E-state index is 0.00664. The molecule has 1 aliphatic rings. The smallest absolute Gasteiger partial charge is 0.356 e. The molecule has 1 aromatic heterocycles. The van der Waals surface area contributed by atoms with Crippen LogP contribution in [-0.4, -0.2) is 48.5 Å². The summed E-state index contributed by atoms with van der Waals surface area (Å²) in [5, 5.41) is 2.87. The number of hydrogen-bond acceptors (Lipinski definition) is 6. The monoisotopic (exact) mass is 278 g/mol. The third-order valence-corrected chi connectivity index (χ3v) is 3.19. The Hall–Kier alpha value is -2.31. The van der Waals surface area contributed by atoms with Gasteiger partial charge in [-0.05, 0) is 25.0 Å². The van der Waals surface area contributed by atoms with Crippen LogP contribution in [0.1, 0.15) is 23.3 Å². The van der Waals surface area contributed by atoms with Gasteiger partial charge in [-0.1, -0.05) is 0 Å². The van der Waals surface area contributed by atoms with E-state index in [1.165, 1.54) is 13.2 Å². The van der Waals surface area contributed by atoms with Crippen LogP contribution in [0, 0.1) is 0 Å². The molecule has 0 radical (unpaired) electrons. The van der Waals surface area contributed by atoms with Crippen LogP contribution in [0.4, 0.5) is 11.5 Å². The number of nitrogens with one attached hydrogen (secondary N) is 1. The number of nitrogen functional groups attached to an aromatic ring is 1. The maximum absolute atomic E-state index is 11.9. The number of amides is 1. The highest BCUT2D eigenvalue weighted by Crippen LogP contribution is 2.16.